The average Bonchev–Trinajstić information content (AvgIpc) is 2.69. The van der Waals surface area contributed by atoms with Gasteiger partial charge in [-0.05, 0) is 25.2 Å². The van der Waals surface area contributed by atoms with E-state index >= 15 is 0 Å². The van der Waals surface area contributed by atoms with Crippen molar-refractivity contribution >= 4 is 5.91 Å². The van der Waals surface area contributed by atoms with Crippen molar-refractivity contribution in [3.8, 4) is 0 Å². The van der Waals surface area contributed by atoms with Crippen molar-refractivity contribution in [1.29, 1.82) is 0 Å². The van der Waals surface area contributed by atoms with Gasteiger partial charge in [-0.3, -0.25) is 4.79 Å². The molecule has 16 heavy (non-hydrogen) atoms. The Morgan fingerprint density at radius 3 is 2.88 bits per heavy atom. The van der Waals surface area contributed by atoms with Gasteiger partial charge in [-0.15, -0.1) is 0 Å². The van der Waals surface area contributed by atoms with E-state index in [0.717, 1.165) is 12.8 Å². The van der Waals surface area contributed by atoms with Gasteiger partial charge in [0.15, 0.2) is 0 Å². The highest BCUT2D eigenvalue weighted by Gasteiger charge is 2.29. The molecule has 1 aliphatic rings. The van der Waals surface area contributed by atoms with Gasteiger partial charge in [0, 0.05) is 25.6 Å². The number of hydrogen-bond acceptors (Lipinski definition) is 3. The minimum atomic E-state index is 0.226. The summed E-state index contributed by atoms with van der Waals surface area (Å²) in [6.07, 6.45) is 4.31. The highest BCUT2D eigenvalue weighted by molar-refractivity contribution is 5.79. The molecule has 1 aliphatic carbocycles. The number of rotatable bonds is 7. The van der Waals surface area contributed by atoms with Gasteiger partial charge in [-0.2, -0.15) is 0 Å². The Labute approximate surface area is 97.9 Å². The first kappa shape index (κ1) is 13.5. The monoisotopic (exact) mass is 228 g/mol. The third kappa shape index (κ3) is 4.49. The molecule has 94 valence electrons. The third-order valence-electron chi connectivity index (χ3n) is 3.23. The molecule has 1 amide bonds. The van der Waals surface area contributed by atoms with E-state index in [-0.39, 0.29) is 11.8 Å². The van der Waals surface area contributed by atoms with Crippen molar-refractivity contribution < 1.29 is 9.53 Å². The summed E-state index contributed by atoms with van der Waals surface area (Å²) < 4.78 is 5.23. The Hall–Kier alpha value is -0.610. The van der Waals surface area contributed by atoms with E-state index in [1.165, 1.54) is 12.8 Å². The zero-order valence-electron chi connectivity index (χ0n) is 10.2. The highest BCUT2D eigenvalue weighted by atomic mass is 16.5. The molecule has 0 aromatic heterocycles. The van der Waals surface area contributed by atoms with E-state index in [0.29, 0.717) is 32.2 Å². The van der Waals surface area contributed by atoms with E-state index in [4.69, 9.17) is 10.5 Å². The van der Waals surface area contributed by atoms with Crippen LogP contribution in [0.15, 0.2) is 0 Å². The second-order valence-corrected chi connectivity index (χ2v) is 4.56. The molecule has 0 aromatic rings. The van der Waals surface area contributed by atoms with Gasteiger partial charge in [0.05, 0.1) is 6.61 Å². The van der Waals surface area contributed by atoms with Crippen molar-refractivity contribution in [2.45, 2.75) is 32.6 Å². The molecular weight excluding hydrogens is 204 g/mol. The zero-order valence-corrected chi connectivity index (χ0v) is 10.2. The summed E-state index contributed by atoms with van der Waals surface area (Å²) in [6, 6.07) is 0. The zero-order chi connectivity index (χ0) is 11.8. The van der Waals surface area contributed by atoms with Gasteiger partial charge in [0.1, 0.15) is 0 Å². The van der Waals surface area contributed by atoms with Crippen LogP contribution < -0.4 is 11.1 Å². The fourth-order valence-corrected chi connectivity index (χ4v) is 2.24. The third-order valence-corrected chi connectivity index (χ3v) is 3.23. The number of ether oxygens (including phenoxy) is 1. The van der Waals surface area contributed by atoms with Crippen LogP contribution in [0.4, 0.5) is 0 Å². The topological polar surface area (TPSA) is 64.3 Å². The molecule has 2 atom stereocenters. The van der Waals surface area contributed by atoms with E-state index in [9.17, 15) is 4.79 Å². The molecule has 2 unspecified atom stereocenters. The van der Waals surface area contributed by atoms with Crippen LogP contribution in [0.25, 0.3) is 0 Å². The fraction of sp³-hybridized carbons (Fsp3) is 0.917. The van der Waals surface area contributed by atoms with Crippen LogP contribution in [-0.4, -0.2) is 32.2 Å². The maximum absolute atomic E-state index is 11.8. The summed E-state index contributed by atoms with van der Waals surface area (Å²) in [5.74, 6) is 1.02. The molecule has 4 nitrogen and oxygen atoms in total. The molecule has 0 aromatic carbocycles. The Balaban J connectivity index is 2.02. The lowest BCUT2D eigenvalue weighted by Crippen LogP contribution is -2.33. The van der Waals surface area contributed by atoms with Gasteiger partial charge in [0.25, 0.3) is 0 Å². The van der Waals surface area contributed by atoms with Crippen LogP contribution in [0.2, 0.25) is 0 Å². The summed E-state index contributed by atoms with van der Waals surface area (Å²) in [4.78, 5) is 11.8. The average molecular weight is 228 g/mol. The van der Waals surface area contributed by atoms with Crippen LogP contribution in [0.3, 0.4) is 0 Å². The van der Waals surface area contributed by atoms with Gasteiger partial charge in [0.2, 0.25) is 5.91 Å². The number of hydrogen-bond donors (Lipinski definition) is 2. The first-order valence-corrected chi connectivity index (χ1v) is 6.31. The Kier molecular flexibility index (Phi) is 6.42. The van der Waals surface area contributed by atoms with Crippen LogP contribution in [0.1, 0.15) is 32.6 Å². The van der Waals surface area contributed by atoms with E-state index in [1.54, 1.807) is 0 Å². The number of carbonyl (C=O) groups excluding carboxylic acids is 1. The van der Waals surface area contributed by atoms with Gasteiger partial charge < -0.3 is 15.8 Å². The normalized spacial score (nSPS) is 24.6. The van der Waals surface area contributed by atoms with Crippen molar-refractivity contribution in [2.75, 3.05) is 26.3 Å². The second-order valence-electron chi connectivity index (χ2n) is 4.56. The highest BCUT2D eigenvalue weighted by Crippen LogP contribution is 2.30. The SMILES string of the molecule is CC1CCCC1C(=O)NCCCOCCN. The van der Waals surface area contributed by atoms with Crippen LogP contribution in [0, 0.1) is 11.8 Å². The number of nitrogens with one attached hydrogen (secondary N) is 1. The van der Waals surface area contributed by atoms with E-state index < -0.39 is 0 Å². The summed E-state index contributed by atoms with van der Waals surface area (Å²) in [5, 5.41) is 2.98. The lowest BCUT2D eigenvalue weighted by Gasteiger charge is -2.14. The largest absolute Gasteiger partial charge is 0.380 e. The summed E-state index contributed by atoms with van der Waals surface area (Å²) >= 11 is 0. The van der Waals surface area contributed by atoms with Crippen LogP contribution >= 0.6 is 0 Å². The minimum Gasteiger partial charge on any atom is -0.380 e. The molecule has 0 saturated heterocycles. The van der Waals surface area contributed by atoms with Crippen molar-refractivity contribution in [1.82, 2.24) is 5.32 Å². The second kappa shape index (κ2) is 7.63. The van der Waals surface area contributed by atoms with Crippen molar-refractivity contribution in [3.05, 3.63) is 0 Å². The predicted octanol–water partition coefficient (Wildman–Crippen LogP) is 0.904. The molecular formula is C12H24N2O2. The number of carbonyl (C=O) groups is 1. The lowest BCUT2D eigenvalue weighted by molar-refractivity contribution is -0.125. The van der Waals surface area contributed by atoms with Crippen LogP contribution in [0.5, 0.6) is 0 Å². The minimum absolute atomic E-state index is 0.226. The Morgan fingerprint density at radius 2 is 2.25 bits per heavy atom. The molecule has 4 heteroatoms. The molecule has 0 radical (unpaired) electrons. The molecule has 1 saturated carbocycles. The Bertz CT molecular complexity index is 209. The van der Waals surface area contributed by atoms with E-state index in [2.05, 4.69) is 12.2 Å². The molecule has 3 N–H and O–H groups in total. The van der Waals surface area contributed by atoms with E-state index in [1.807, 2.05) is 0 Å². The Morgan fingerprint density at radius 1 is 1.44 bits per heavy atom. The van der Waals surface area contributed by atoms with Gasteiger partial charge in [-0.1, -0.05) is 13.3 Å². The number of amides is 1. The molecule has 0 spiro atoms. The van der Waals surface area contributed by atoms with Gasteiger partial charge >= 0.3 is 0 Å². The standard InChI is InChI=1S/C12H24N2O2/c1-10-4-2-5-11(10)12(15)14-7-3-8-16-9-6-13/h10-11H,2-9,13H2,1H3,(H,14,15). The smallest absolute Gasteiger partial charge is 0.223 e. The summed E-state index contributed by atoms with van der Waals surface area (Å²) in [7, 11) is 0. The van der Waals surface area contributed by atoms with Crippen molar-refractivity contribution in [3.63, 3.8) is 0 Å². The van der Waals surface area contributed by atoms with Crippen LogP contribution in [-0.2, 0) is 9.53 Å². The molecule has 1 fully saturated rings. The molecule has 0 bridgehead atoms. The summed E-state index contributed by atoms with van der Waals surface area (Å²) in [6.45, 7) is 4.73. The predicted molar refractivity (Wildman–Crippen MR) is 64.0 cm³/mol. The summed E-state index contributed by atoms with van der Waals surface area (Å²) in [5.41, 5.74) is 5.29. The van der Waals surface area contributed by atoms with Gasteiger partial charge in [-0.25, -0.2) is 0 Å². The number of nitrogens with two attached hydrogens (primary N) is 1. The maximum atomic E-state index is 11.8. The fourth-order valence-electron chi connectivity index (χ4n) is 2.24. The van der Waals surface area contributed by atoms with Crippen molar-refractivity contribution in [2.24, 2.45) is 17.6 Å². The molecule has 0 aliphatic heterocycles. The maximum Gasteiger partial charge on any atom is 0.223 e. The first-order chi connectivity index (χ1) is 7.75. The quantitative estimate of drug-likeness (QED) is 0.636. The lowest BCUT2D eigenvalue weighted by atomic mass is 9.97. The molecule has 1 rings (SSSR count). The molecule has 0 heterocycles. The first-order valence-electron chi connectivity index (χ1n) is 6.31.